The van der Waals surface area contributed by atoms with Gasteiger partial charge in [0.05, 0.1) is 0 Å². The summed E-state index contributed by atoms with van der Waals surface area (Å²) in [5.74, 6) is 1.08. The second kappa shape index (κ2) is 10.2. The highest BCUT2D eigenvalue weighted by Gasteiger charge is 2.16. The molecule has 0 saturated heterocycles. The number of nitrogens with one attached hydrogen (secondary N) is 1. The van der Waals surface area contributed by atoms with Gasteiger partial charge in [-0.1, -0.05) is 59.8 Å². The van der Waals surface area contributed by atoms with Gasteiger partial charge >= 0.3 is 0 Å². The number of benzene rings is 3. The molecule has 0 aliphatic rings. The molecule has 0 saturated carbocycles. The van der Waals surface area contributed by atoms with Gasteiger partial charge in [-0.3, -0.25) is 9.36 Å². The Morgan fingerprint density at radius 3 is 2.41 bits per heavy atom. The van der Waals surface area contributed by atoms with E-state index in [1.807, 2.05) is 47.0 Å². The van der Waals surface area contributed by atoms with Gasteiger partial charge in [0.1, 0.15) is 5.82 Å². The number of thioether (sulfide) groups is 1. The average molecular weight is 447 g/mol. The summed E-state index contributed by atoms with van der Waals surface area (Å²) in [6, 6.07) is 24.0. The number of aryl methyl sites for hydroxylation is 1. The summed E-state index contributed by atoms with van der Waals surface area (Å²) < 4.78 is 15.0. The predicted molar refractivity (Wildman–Crippen MR) is 127 cm³/mol. The third-order valence-electron chi connectivity index (χ3n) is 4.86. The van der Waals surface area contributed by atoms with Crippen LogP contribution in [0.2, 0.25) is 0 Å². The number of carbonyl (C=O) groups excluding carboxylic acids is 1. The fourth-order valence-electron chi connectivity index (χ4n) is 3.22. The molecule has 0 radical (unpaired) electrons. The number of anilines is 1. The molecule has 1 amide bonds. The molecule has 4 rings (SSSR count). The van der Waals surface area contributed by atoms with E-state index in [0.717, 1.165) is 28.0 Å². The first-order valence-electron chi connectivity index (χ1n) is 10.4. The van der Waals surface area contributed by atoms with Crippen molar-refractivity contribution in [1.82, 2.24) is 14.8 Å². The zero-order valence-corrected chi connectivity index (χ0v) is 18.5. The first-order chi connectivity index (χ1) is 15.6. The molecule has 0 bridgehead atoms. The lowest BCUT2D eigenvalue weighted by atomic mass is 10.1. The summed E-state index contributed by atoms with van der Waals surface area (Å²) in [6.07, 6.45) is 1.05. The van der Waals surface area contributed by atoms with Crippen LogP contribution in [0.15, 0.2) is 84.0 Å². The fourth-order valence-corrected chi connectivity index (χ4v) is 4.11. The van der Waals surface area contributed by atoms with Crippen molar-refractivity contribution in [2.24, 2.45) is 0 Å². The maximum absolute atomic E-state index is 13.0. The summed E-state index contributed by atoms with van der Waals surface area (Å²) in [6.45, 7) is 2.05. The molecule has 0 aliphatic heterocycles. The number of hydrogen-bond donors (Lipinski definition) is 1. The number of amides is 1. The van der Waals surface area contributed by atoms with E-state index in [0.29, 0.717) is 18.5 Å². The lowest BCUT2D eigenvalue weighted by molar-refractivity contribution is -0.116. The topological polar surface area (TPSA) is 59.8 Å². The van der Waals surface area contributed by atoms with E-state index in [2.05, 4.69) is 34.6 Å². The zero-order valence-electron chi connectivity index (χ0n) is 17.7. The molecule has 0 atom stereocenters. The van der Waals surface area contributed by atoms with Gasteiger partial charge in [-0.05, 0) is 49.7 Å². The van der Waals surface area contributed by atoms with Gasteiger partial charge in [0.15, 0.2) is 11.0 Å². The minimum absolute atomic E-state index is 0.0953. The van der Waals surface area contributed by atoms with Crippen LogP contribution in [0.25, 0.3) is 17.1 Å². The Bertz CT molecular complexity index is 1180. The number of hydrogen-bond acceptors (Lipinski definition) is 4. The van der Waals surface area contributed by atoms with Crippen molar-refractivity contribution in [2.75, 3.05) is 11.1 Å². The Balaban J connectivity index is 1.42. The molecule has 4 aromatic rings. The number of rotatable bonds is 8. The van der Waals surface area contributed by atoms with Gasteiger partial charge < -0.3 is 5.32 Å². The zero-order chi connectivity index (χ0) is 22.3. The molecule has 32 heavy (non-hydrogen) atoms. The lowest BCUT2D eigenvalue weighted by Gasteiger charge is -2.10. The van der Waals surface area contributed by atoms with Crippen LogP contribution in [0.4, 0.5) is 10.1 Å². The minimum atomic E-state index is -0.327. The van der Waals surface area contributed by atoms with Crippen LogP contribution in [0, 0.1) is 12.7 Å². The largest absolute Gasteiger partial charge is 0.326 e. The molecule has 1 heterocycles. The average Bonchev–Trinajstić information content (AvgIpc) is 3.23. The Morgan fingerprint density at radius 2 is 1.69 bits per heavy atom. The third-order valence-corrected chi connectivity index (χ3v) is 5.88. The standard InChI is InChI=1S/C25H23FN4OS/c1-18-9-11-19(12-10-18)24-28-29-25(30(24)22-6-3-2-4-7-22)32-17-5-8-23(31)27-21-15-13-20(26)14-16-21/h2-4,6-7,9-16H,5,8,17H2,1H3,(H,27,31). The highest BCUT2D eigenvalue weighted by molar-refractivity contribution is 7.99. The first-order valence-corrected chi connectivity index (χ1v) is 11.3. The van der Waals surface area contributed by atoms with Crippen molar-refractivity contribution in [3.05, 3.63) is 90.2 Å². The Hall–Kier alpha value is -3.45. The van der Waals surface area contributed by atoms with Crippen LogP contribution in [-0.4, -0.2) is 26.4 Å². The van der Waals surface area contributed by atoms with E-state index in [4.69, 9.17) is 0 Å². The van der Waals surface area contributed by atoms with E-state index < -0.39 is 0 Å². The van der Waals surface area contributed by atoms with Crippen molar-refractivity contribution in [3.63, 3.8) is 0 Å². The van der Waals surface area contributed by atoms with Crippen LogP contribution < -0.4 is 5.32 Å². The molecule has 0 fully saturated rings. The van der Waals surface area contributed by atoms with Gasteiger partial charge in [-0.15, -0.1) is 10.2 Å². The lowest BCUT2D eigenvalue weighted by Crippen LogP contribution is -2.11. The maximum atomic E-state index is 13.0. The van der Waals surface area contributed by atoms with Gasteiger partial charge in [0.2, 0.25) is 5.91 Å². The van der Waals surface area contributed by atoms with Crippen LogP contribution in [0.1, 0.15) is 18.4 Å². The van der Waals surface area contributed by atoms with Crippen molar-refractivity contribution < 1.29 is 9.18 Å². The third kappa shape index (κ3) is 5.42. The number of para-hydroxylation sites is 1. The molecule has 3 aromatic carbocycles. The van der Waals surface area contributed by atoms with Crippen molar-refractivity contribution >= 4 is 23.4 Å². The quantitative estimate of drug-likeness (QED) is 0.271. The molecule has 162 valence electrons. The van der Waals surface area contributed by atoms with Crippen LogP contribution in [-0.2, 0) is 4.79 Å². The summed E-state index contributed by atoms with van der Waals surface area (Å²) in [7, 11) is 0. The van der Waals surface area contributed by atoms with Gasteiger partial charge in [-0.25, -0.2) is 4.39 Å². The SMILES string of the molecule is Cc1ccc(-c2nnc(SCCCC(=O)Nc3ccc(F)cc3)n2-c2ccccc2)cc1. The molecular formula is C25H23FN4OS. The molecule has 7 heteroatoms. The van der Waals surface area contributed by atoms with Crippen molar-refractivity contribution in [1.29, 1.82) is 0 Å². The molecule has 1 N–H and O–H groups in total. The fraction of sp³-hybridized carbons (Fsp3) is 0.160. The van der Waals surface area contributed by atoms with Gasteiger partial charge in [0.25, 0.3) is 0 Å². The smallest absolute Gasteiger partial charge is 0.224 e. The van der Waals surface area contributed by atoms with Crippen LogP contribution >= 0.6 is 11.8 Å². The maximum Gasteiger partial charge on any atom is 0.224 e. The predicted octanol–water partition coefficient (Wildman–Crippen LogP) is 5.89. The van der Waals surface area contributed by atoms with Crippen molar-refractivity contribution in [3.8, 4) is 17.1 Å². The molecule has 0 unspecified atom stereocenters. The second-order valence-corrected chi connectivity index (χ2v) is 8.41. The molecule has 0 spiro atoms. The summed E-state index contributed by atoms with van der Waals surface area (Å²) in [5.41, 5.74) is 3.77. The number of carbonyl (C=O) groups is 1. The number of nitrogens with zero attached hydrogens (tertiary/aromatic N) is 3. The van der Waals surface area contributed by atoms with Gasteiger partial charge in [0, 0.05) is 29.1 Å². The van der Waals surface area contributed by atoms with Crippen LogP contribution in [0.5, 0.6) is 0 Å². The Labute approximate surface area is 190 Å². The molecule has 1 aromatic heterocycles. The second-order valence-electron chi connectivity index (χ2n) is 7.35. The Morgan fingerprint density at radius 1 is 0.969 bits per heavy atom. The van der Waals surface area contributed by atoms with Gasteiger partial charge in [-0.2, -0.15) is 0 Å². The monoisotopic (exact) mass is 446 g/mol. The summed E-state index contributed by atoms with van der Waals surface area (Å²) >= 11 is 1.57. The van der Waals surface area contributed by atoms with E-state index >= 15 is 0 Å². The van der Waals surface area contributed by atoms with Crippen LogP contribution in [0.3, 0.4) is 0 Å². The molecule has 5 nitrogen and oxygen atoms in total. The summed E-state index contributed by atoms with van der Waals surface area (Å²) in [4.78, 5) is 12.2. The molecular weight excluding hydrogens is 423 g/mol. The minimum Gasteiger partial charge on any atom is -0.326 e. The normalized spacial score (nSPS) is 10.8. The van der Waals surface area contributed by atoms with Crippen molar-refractivity contribution in [2.45, 2.75) is 24.9 Å². The van der Waals surface area contributed by atoms with E-state index in [9.17, 15) is 9.18 Å². The number of aromatic nitrogens is 3. The van der Waals surface area contributed by atoms with E-state index in [1.165, 1.54) is 17.7 Å². The molecule has 0 aliphatic carbocycles. The number of halogens is 1. The van der Waals surface area contributed by atoms with E-state index in [1.54, 1.807) is 23.9 Å². The highest BCUT2D eigenvalue weighted by Crippen LogP contribution is 2.28. The first kappa shape index (κ1) is 21.8. The Kier molecular flexibility index (Phi) is 6.97. The highest BCUT2D eigenvalue weighted by atomic mass is 32.2. The summed E-state index contributed by atoms with van der Waals surface area (Å²) in [5, 5.41) is 12.4. The van der Waals surface area contributed by atoms with E-state index in [-0.39, 0.29) is 11.7 Å².